The first-order valence-electron chi connectivity index (χ1n) is 15.4. The predicted octanol–water partition coefficient (Wildman–Crippen LogP) is 3.65. The summed E-state index contributed by atoms with van der Waals surface area (Å²) in [6, 6.07) is 5.61. The second-order valence-corrected chi connectivity index (χ2v) is 12.2. The van der Waals surface area contributed by atoms with Gasteiger partial charge in [0.1, 0.15) is 5.82 Å². The molecular formula is C32H37FN8O3. The van der Waals surface area contributed by atoms with Crippen molar-refractivity contribution in [3.8, 4) is 28.9 Å². The van der Waals surface area contributed by atoms with Crippen LogP contribution in [-0.2, 0) is 13.0 Å². The molecule has 11 nitrogen and oxygen atoms in total. The fourth-order valence-electron chi connectivity index (χ4n) is 7.89. The molecule has 4 aromatic rings. The van der Waals surface area contributed by atoms with Crippen LogP contribution < -0.4 is 14.8 Å². The molecule has 3 unspecified atom stereocenters. The maximum Gasteiger partial charge on any atom is 0.176 e. The number of nitrogens with zero attached hydrogens (tertiary/aromatic N) is 7. The molecule has 2 aliphatic carbocycles. The summed E-state index contributed by atoms with van der Waals surface area (Å²) in [5.74, 6) is 1.81. The number of aliphatic hydroxyl groups excluding tert-OH is 1. The van der Waals surface area contributed by atoms with E-state index in [0.29, 0.717) is 46.6 Å². The van der Waals surface area contributed by atoms with Gasteiger partial charge < -0.3 is 19.9 Å². The van der Waals surface area contributed by atoms with Gasteiger partial charge in [0.15, 0.2) is 29.3 Å². The quantitative estimate of drug-likeness (QED) is 0.230. The second-order valence-electron chi connectivity index (χ2n) is 12.2. The Morgan fingerprint density at radius 2 is 1.98 bits per heavy atom. The Hall–Kier alpha value is -4.21. The van der Waals surface area contributed by atoms with Crippen molar-refractivity contribution >= 4 is 5.52 Å². The van der Waals surface area contributed by atoms with Crippen LogP contribution >= 0.6 is 0 Å². The van der Waals surface area contributed by atoms with Gasteiger partial charge in [-0.3, -0.25) is 14.6 Å². The Bertz CT molecular complexity index is 1680. The average molecular weight is 601 g/mol. The van der Waals surface area contributed by atoms with Crippen LogP contribution in [0.2, 0.25) is 0 Å². The monoisotopic (exact) mass is 600 g/mol. The molecule has 12 heteroatoms. The molecule has 0 saturated heterocycles. The lowest BCUT2D eigenvalue weighted by atomic mass is 9.80. The van der Waals surface area contributed by atoms with Crippen molar-refractivity contribution in [1.29, 1.82) is 5.26 Å². The van der Waals surface area contributed by atoms with Gasteiger partial charge >= 0.3 is 0 Å². The number of hydrogen-bond acceptors (Lipinski definition) is 9. The standard InChI is InChI=1S/C32H37FN8O3/c1-19-26-7-8-39(31-20-3-4-21(31)12-24(11-20)36-18-34)9-10-40(26)38-30(19)22-13-27(32-28(43-2)15-37-41(32)16-22)44-29(17-42)25-6-5-23(33)14-35-25/h5-6,13-16,20-21,24,29,31,36,42H,3-4,7-12,17H2,1-2H3. The zero-order chi connectivity index (χ0) is 30.4. The van der Waals surface area contributed by atoms with Gasteiger partial charge in [0.05, 0.1) is 44.0 Å². The lowest BCUT2D eigenvalue weighted by molar-refractivity contribution is 0.0850. The molecule has 0 aromatic carbocycles. The normalized spacial score (nSPS) is 24.0. The Morgan fingerprint density at radius 1 is 1.16 bits per heavy atom. The minimum absolute atomic E-state index is 0.321. The van der Waals surface area contributed by atoms with Gasteiger partial charge in [-0.05, 0) is 68.2 Å². The van der Waals surface area contributed by atoms with Gasteiger partial charge in [0.2, 0.25) is 0 Å². The number of fused-ring (bicyclic) bond motifs is 4. The van der Waals surface area contributed by atoms with E-state index in [1.807, 2.05) is 12.3 Å². The molecule has 2 bridgehead atoms. The number of rotatable bonds is 8. The molecule has 3 aliphatic rings. The zero-order valence-electron chi connectivity index (χ0n) is 25.0. The molecule has 7 rings (SSSR count). The molecule has 230 valence electrons. The van der Waals surface area contributed by atoms with Gasteiger partial charge in [-0.1, -0.05) is 0 Å². The maximum atomic E-state index is 13.5. The second kappa shape index (κ2) is 11.7. The highest BCUT2D eigenvalue weighted by Crippen LogP contribution is 2.45. The van der Waals surface area contributed by atoms with Crippen LogP contribution in [0.4, 0.5) is 4.39 Å². The summed E-state index contributed by atoms with van der Waals surface area (Å²) in [5, 5.41) is 31.9. The van der Waals surface area contributed by atoms with Crippen LogP contribution in [0.5, 0.6) is 11.5 Å². The topological polar surface area (TPSA) is 126 Å². The van der Waals surface area contributed by atoms with Crippen molar-refractivity contribution in [2.75, 3.05) is 26.8 Å². The molecule has 2 fully saturated rings. The third-order valence-electron chi connectivity index (χ3n) is 9.85. The summed E-state index contributed by atoms with van der Waals surface area (Å²) in [4.78, 5) is 6.80. The van der Waals surface area contributed by atoms with Crippen molar-refractivity contribution in [2.24, 2.45) is 11.8 Å². The van der Waals surface area contributed by atoms with Gasteiger partial charge in [-0.15, -0.1) is 0 Å². The molecule has 0 amide bonds. The number of methoxy groups -OCH3 is 1. The van der Waals surface area contributed by atoms with E-state index in [0.717, 1.165) is 61.9 Å². The molecule has 4 aromatic heterocycles. The van der Waals surface area contributed by atoms with Crippen LogP contribution in [0.15, 0.2) is 36.8 Å². The van der Waals surface area contributed by atoms with Crippen LogP contribution in [0.25, 0.3) is 16.8 Å². The molecule has 44 heavy (non-hydrogen) atoms. The predicted molar refractivity (Wildman–Crippen MR) is 159 cm³/mol. The van der Waals surface area contributed by atoms with Crippen LogP contribution in [0, 0.1) is 36.0 Å². The van der Waals surface area contributed by atoms with Crippen molar-refractivity contribution in [3.05, 3.63) is 59.6 Å². The summed E-state index contributed by atoms with van der Waals surface area (Å²) < 4.78 is 29.3. The zero-order valence-corrected chi connectivity index (χ0v) is 25.0. The smallest absolute Gasteiger partial charge is 0.176 e. The number of nitrogens with one attached hydrogen (secondary N) is 1. The van der Waals surface area contributed by atoms with Crippen molar-refractivity contribution in [1.82, 2.24) is 34.6 Å². The Kier molecular flexibility index (Phi) is 7.60. The molecular weight excluding hydrogens is 563 g/mol. The first-order valence-corrected chi connectivity index (χ1v) is 15.4. The van der Waals surface area contributed by atoms with E-state index in [1.54, 1.807) is 17.8 Å². The van der Waals surface area contributed by atoms with Crippen LogP contribution in [0.3, 0.4) is 0 Å². The summed E-state index contributed by atoms with van der Waals surface area (Å²) in [6.45, 7) is 4.54. The lowest BCUT2D eigenvalue weighted by Gasteiger charge is -2.41. The molecule has 3 atom stereocenters. The van der Waals surface area contributed by atoms with Gasteiger partial charge in [-0.2, -0.15) is 15.5 Å². The Balaban J connectivity index is 1.16. The molecule has 0 spiro atoms. The number of nitriles is 1. The van der Waals surface area contributed by atoms with E-state index in [9.17, 15) is 9.50 Å². The number of aliphatic hydroxyl groups is 1. The van der Waals surface area contributed by atoms with Crippen molar-refractivity contribution < 1.29 is 19.0 Å². The minimum atomic E-state index is -0.818. The first kappa shape index (κ1) is 28.6. The summed E-state index contributed by atoms with van der Waals surface area (Å²) in [5.41, 5.74) is 5.07. The van der Waals surface area contributed by atoms with E-state index >= 15 is 0 Å². The molecule has 5 heterocycles. The summed E-state index contributed by atoms with van der Waals surface area (Å²) in [6.07, 6.45) is 11.6. The van der Waals surface area contributed by atoms with Crippen LogP contribution in [-0.4, -0.2) is 73.3 Å². The molecule has 1 aliphatic heterocycles. The van der Waals surface area contributed by atoms with Gasteiger partial charge in [0.25, 0.3) is 0 Å². The summed E-state index contributed by atoms with van der Waals surface area (Å²) >= 11 is 0. The highest BCUT2D eigenvalue weighted by molar-refractivity contribution is 5.75. The first-order chi connectivity index (χ1) is 21.5. The molecule has 2 N–H and O–H groups in total. The Labute approximate surface area is 255 Å². The highest BCUT2D eigenvalue weighted by Gasteiger charge is 2.45. The highest BCUT2D eigenvalue weighted by atomic mass is 19.1. The van der Waals surface area contributed by atoms with E-state index in [-0.39, 0.29) is 6.61 Å². The number of ether oxygens (including phenoxy) is 2. The van der Waals surface area contributed by atoms with E-state index < -0.39 is 11.9 Å². The van der Waals surface area contributed by atoms with Crippen molar-refractivity contribution in [2.45, 2.75) is 63.8 Å². The molecule has 0 radical (unpaired) electrons. The van der Waals surface area contributed by atoms with E-state index in [1.165, 1.54) is 30.7 Å². The maximum absolute atomic E-state index is 13.5. The van der Waals surface area contributed by atoms with Crippen LogP contribution in [0.1, 0.15) is 48.7 Å². The third-order valence-corrected chi connectivity index (χ3v) is 9.85. The molecule has 2 saturated carbocycles. The number of aromatic nitrogens is 5. The van der Waals surface area contributed by atoms with Crippen molar-refractivity contribution in [3.63, 3.8) is 0 Å². The van der Waals surface area contributed by atoms with E-state index in [2.05, 4.69) is 38.1 Å². The largest absolute Gasteiger partial charge is 0.493 e. The number of pyridine rings is 2. The average Bonchev–Trinajstić information content (AvgIpc) is 3.61. The third kappa shape index (κ3) is 5.04. The SMILES string of the molecule is COc1cnn2cc(-c3nn4c(c3C)CCN(C3C5CCC3CC(NC#N)C5)CC4)cc(OC(CO)c3ccc(F)cn3)c12. The fourth-order valence-corrected chi connectivity index (χ4v) is 7.89. The fraction of sp³-hybridized carbons (Fsp3) is 0.500. The number of halogens is 1. The Morgan fingerprint density at radius 3 is 2.68 bits per heavy atom. The summed E-state index contributed by atoms with van der Waals surface area (Å²) in [7, 11) is 1.57. The van der Waals surface area contributed by atoms with Gasteiger partial charge in [0, 0.05) is 49.0 Å². The van der Waals surface area contributed by atoms with E-state index in [4.69, 9.17) is 19.8 Å². The van der Waals surface area contributed by atoms with Gasteiger partial charge in [-0.25, -0.2) is 8.91 Å². The minimum Gasteiger partial charge on any atom is -0.493 e. The lowest BCUT2D eigenvalue weighted by Crippen LogP contribution is -2.49. The number of hydrogen-bond donors (Lipinski definition) is 2.